The number of fused-ring (bicyclic) bond motifs is 5. The van der Waals surface area contributed by atoms with Crippen molar-refractivity contribution in [2.45, 2.75) is 137 Å². The number of benzene rings is 6. The van der Waals surface area contributed by atoms with Gasteiger partial charge in [0.2, 0.25) is 17.1 Å². The van der Waals surface area contributed by atoms with Crippen molar-refractivity contribution in [3.63, 3.8) is 0 Å². The van der Waals surface area contributed by atoms with Crippen LogP contribution in [0.4, 0.5) is 0 Å². The lowest BCUT2D eigenvalue weighted by Gasteiger charge is -2.57. The van der Waals surface area contributed by atoms with Crippen LogP contribution in [0, 0.1) is 58.8 Å². The summed E-state index contributed by atoms with van der Waals surface area (Å²) in [6, 6.07) is 42.2. The lowest BCUT2D eigenvalue weighted by Crippen LogP contribution is -2.48. The van der Waals surface area contributed by atoms with Crippen LogP contribution in [0.15, 0.2) is 128 Å². The molecular formula is C72H78N3+3. The summed E-state index contributed by atoms with van der Waals surface area (Å²) in [5.41, 5.74) is 26.7. The maximum Gasteiger partial charge on any atom is 0.220 e. The summed E-state index contributed by atoms with van der Waals surface area (Å²) in [4.78, 5) is 0. The van der Waals surface area contributed by atoms with Gasteiger partial charge >= 0.3 is 0 Å². The van der Waals surface area contributed by atoms with Gasteiger partial charge in [-0.25, -0.2) is 13.7 Å². The minimum atomic E-state index is 0.470. The van der Waals surface area contributed by atoms with Crippen LogP contribution in [0.1, 0.15) is 149 Å². The van der Waals surface area contributed by atoms with Crippen molar-refractivity contribution >= 4 is 32.3 Å². The average molecular weight is 985 g/mol. The Morgan fingerprint density at radius 2 is 0.800 bits per heavy atom. The molecule has 0 spiro atoms. The minimum Gasteiger partial charge on any atom is -0.200 e. The Labute approximate surface area is 447 Å². The largest absolute Gasteiger partial charge is 0.220 e. The second-order valence-corrected chi connectivity index (χ2v) is 25.4. The van der Waals surface area contributed by atoms with Crippen molar-refractivity contribution in [2.24, 2.45) is 38.4 Å². The molecule has 6 aromatic carbocycles. The molecule has 3 heterocycles. The van der Waals surface area contributed by atoms with E-state index in [2.05, 4.69) is 218 Å². The Kier molecular flexibility index (Phi) is 11.6. The van der Waals surface area contributed by atoms with Gasteiger partial charge in [0.1, 0.15) is 21.1 Å². The average Bonchev–Trinajstić information content (AvgIpc) is 3.39. The summed E-state index contributed by atoms with van der Waals surface area (Å²) in [7, 11) is 6.53. The molecule has 0 N–H and O–H groups in total. The molecule has 6 bridgehead atoms. The van der Waals surface area contributed by atoms with Crippen LogP contribution < -0.4 is 13.7 Å². The van der Waals surface area contributed by atoms with Crippen LogP contribution in [-0.2, 0) is 34.0 Å². The summed E-state index contributed by atoms with van der Waals surface area (Å²) in [5.74, 6) is 5.00. The molecule has 9 aliphatic rings. The molecule has 3 aromatic heterocycles. The van der Waals surface area contributed by atoms with E-state index >= 15 is 0 Å². The molecule has 2 atom stereocenters. The Hall–Kier alpha value is -6.45. The maximum absolute atomic E-state index is 2.54. The third-order valence-corrected chi connectivity index (χ3v) is 20.1. The van der Waals surface area contributed by atoms with E-state index in [-0.39, 0.29) is 0 Å². The second-order valence-electron chi connectivity index (χ2n) is 25.4. The SMILES string of the molecule is Cc1ccc2c(-c3cc4c(cc3C)C3CCC4CC3)[n+](C)ccc2c1.Cc1ccc2c(-c3cc4c(cc3C)CC3CC4C3(C)C)[n+](C)ccc2c1.Cc1ccc2c(-c3cc4c(cc3C)CC3CC4C3)[n+](C)ccc2c1. The van der Waals surface area contributed by atoms with Crippen LogP contribution in [-0.4, -0.2) is 0 Å². The standard InChI is InChI=1S/C25H28N.C24H26N.C23H24N/c1-15-6-7-20-17(10-15)8-9-26(5)24(20)21-14-22-18(11-16(21)2)12-19-13-23(22)25(19,3)4;1-15-4-9-20-19(12-15)10-11-25(3)24(20)21-14-23-18-7-5-17(6-8-18)22(23)13-16(21)2;1-14-4-5-20-17(8-14)6-7-24(3)23(20)21-13-22-18(9-15(21)2)10-16-11-19(22)12-16/h6-11,14,19,23H,12-13H2,1-5H3;4,9-14,17-18H,5-8H2,1-3H3;4-9,13,16,19H,10-12H2,1-3H3/q3*+1. The highest BCUT2D eigenvalue weighted by molar-refractivity contribution is 5.96. The molecule has 0 amide bonds. The van der Waals surface area contributed by atoms with Crippen molar-refractivity contribution in [3.8, 4) is 33.8 Å². The van der Waals surface area contributed by atoms with E-state index in [1.807, 2.05) is 0 Å². The molecule has 0 aliphatic heterocycles. The lowest BCUT2D eigenvalue weighted by atomic mass is 9.47. The molecule has 9 aliphatic carbocycles. The van der Waals surface area contributed by atoms with Crippen LogP contribution >= 0.6 is 0 Å². The van der Waals surface area contributed by atoms with E-state index in [9.17, 15) is 0 Å². The fourth-order valence-electron chi connectivity index (χ4n) is 15.7. The maximum atomic E-state index is 2.54. The molecule has 3 heteroatoms. The molecule has 3 fully saturated rings. The van der Waals surface area contributed by atoms with Gasteiger partial charge in [-0.05, 0) is 243 Å². The third-order valence-electron chi connectivity index (χ3n) is 20.1. The highest BCUT2D eigenvalue weighted by Gasteiger charge is 2.52. The van der Waals surface area contributed by atoms with E-state index in [1.165, 1.54) is 157 Å². The van der Waals surface area contributed by atoms with Gasteiger partial charge in [-0.3, -0.25) is 0 Å². The number of aryl methyl sites for hydroxylation is 9. The molecule has 3 saturated carbocycles. The summed E-state index contributed by atoms with van der Waals surface area (Å²) >= 11 is 0. The number of pyridine rings is 3. The Morgan fingerprint density at radius 3 is 1.25 bits per heavy atom. The van der Waals surface area contributed by atoms with Crippen LogP contribution in [0.2, 0.25) is 0 Å². The monoisotopic (exact) mass is 985 g/mol. The van der Waals surface area contributed by atoms with E-state index in [4.69, 9.17) is 0 Å². The second kappa shape index (κ2) is 18.1. The van der Waals surface area contributed by atoms with Gasteiger partial charge in [0.15, 0.2) is 18.6 Å². The normalized spacial score (nSPS) is 22.0. The zero-order valence-electron chi connectivity index (χ0n) is 46.8. The summed E-state index contributed by atoms with van der Waals surface area (Å²) < 4.78 is 6.89. The van der Waals surface area contributed by atoms with Crippen molar-refractivity contribution in [1.82, 2.24) is 0 Å². The van der Waals surface area contributed by atoms with Gasteiger partial charge in [0, 0.05) is 18.2 Å². The summed E-state index contributed by atoms with van der Waals surface area (Å²) in [5, 5.41) is 8.08. The first-order chi connectivity index (χ1) is 36.1. The van der Waals surface area contributed by atoms with Crippen molar-refractivity contribution < 1.29 is 13.7 Å². The Morgan fingerprint density at radius 1 is 0.400 bits per heavy atom. The molecule has 3 nitrogen and oxygen atoms in total. The van der Waals surface area contributed by atoms with Gasteiger partial charge < -0.3 is 0 Å². The molecule has 2 unspecified atom stereocenters. The van der Waals surface area contributed by atoms with Crippen LogP contribution in [0.3, 0.4) is 0 Å². The lowest BCUT2D eigenvalue weighted by molar-refractivity contribution is -0.659. The number of aromatic nitrogens is 3. The summed E-state index contributed by atoms with van der Waals surface area (Å²) in [6.07, 6.45) is 19.0. The number of hydrogen-bond donors (Lipinski definition) is 0. The van der Waals surface area contributed by atoms with E-state index < -0.39 is 0 Å². The summed E-state index contributed by atoms with van der Waals surface area (Å²) in [6.45, 7) is 18.3. The Balaban J connectivity index is 0.000000108. The van der Waals surface area contributed by atoms with E-state index in [0.717, 1.165) is 35.5 Å². The molecule has 18 rings (SSSR count). The fourth-order valence-corrected chi connectivity index (χ4v) is 15.7. The predicted molar refractivity (Wildman–Crippen MR) is 312 cm³/mol. The number of rotatable bonds is 3. The van der Waals surface area contributed by atoms with E-state index in [1.54, 1.807) is 33.4 Å². The van der Waals surface area contributed by atoms with Gasteiger partial charge in [-0.2, -0.15) is 0 Å². The van der Waals surface area contributed by atoms with Crippen molar-refractivity contribution in [2.75, 3.05) is 0 Å². The van der Waals surface area contributed by atoms with Crippen LogP contribution in [0.5, 0.6) is 0 Å². The zero-order chi connectivity index (χ0) is 51.8. The first-order valence-corrected chi connectivity index (χ1v) is 28.7. The minimum absolute atomic E-state index is 0.470. The molecule has 0 radical (unpaired) electrons. The third kappa shape index (κ3) is 8.08. The topological polar surface area (TPSA) is 11.6 Å². The first kappa shape index (κ1) is 48.2. The fraction of sp³-hybridized carbons (Fsp3) is 0.375. The van der Waals surface area contributed by atoms with Crippen molar-refractivity contribution in [1.29, 1.82) is 0 Å². The van der Waals surface area contributed by atoms with Gasteiger partial charge in [-0.15, -0.1) is 0 Å². The highest BCUT2D eigenvalue weighted by Crippen LogP contribution is 2.62. The molecule has 75 heavy (non-hydrogen) atoms. The zero-order valence-corrected chi connectivity index (χ0v) is 46.8. The number of nitrogens with zero attached hydrogens (tertiary/aromatic N) is 3. The number of hydrogen-bond acceptors (Lipinski definition) is 0. The smallest absolute Gasteiger partial charge is 0.200 e. The van der Waals surface area contributed by atoms with Crippen LogP contribution in [0.25, 0.3) is 66.1 Å². The predicted octanol–water partition coefficient (Wildman–Crippen LogP) is 16.3. The van der Waals surface area contributed by atoms with Gasteiger partial charge in [-0.1, -0.05) is 85.1 Å². The quantitative estimate of drug-likeness (QED) is 0.156. The molecule has 0 saturated heterocycles. The molecular weight excluding hydrogens is 907 g/mol. The molecule has 9 aromatic rings. The van der Waals surface area contributed by atoms with Crippen molar-refractivity contribution in [3.05, 3.63) is 195 Å². The Bertz CT molecular complexity index is 3820. The highest BCUT2D eigenvalue weighted by atomic mass is 14.9. The molecule has 378 valence electrons. The first-order valence-electron chi connectivity index (χ1n) is 28.7. The van der Waals surface area contributed by atoms with Gasteiger partial charge in [0.05, 0.1) is 32.8 Å². The van der Waals surface area contributed by atoms with Gasteiger partial charge in [0.25, 0.3) is 0 Å². The van der Waals surface area contributed by atoms with E-state index in [0.29, 0.717) is 5.41 Å².